The van der Waals surface area contributed by atoms with Crippen LogP contribution in [0.25, 0.3) is 0 Å². The highest BCUT2D eigenvalue weighted by Crippen LogP contribution is 2.64. The van der Waals surface area contributed by atoms with E-state index in [1.54, 1.807) is 0 Å². The second-order valence-corrected chi connectivity index (χ2v) is 12.7. The number of nitriles is 2. The molecular formula is C33H34N2O4. The number of fused-ring (bicyclic) bond motifs is 6. The van der Waals surface area contributed by atoms with E-state index >= 15 is 0 Å². The zero-order valence-electron chi connectivity index (χ0n) is 23.9. The van der Waals surface area contributed by atoms with Crippen molar-refractivity contribution in [1.82, 2.24) is 0 Å². The molecular weight excluding hydrogens is 488 g/mol. The van der Waals surface area contributed by atoms with Crippen molar-refractivity contribution in [3.05, 3.63) is 80.3 Å². The standard InChI is InChI=1S/C33H34N2O4/c1-17-9-21-23(10-18(17)2)33(15-31(21,3)4)16-32(5,6)22-11-25-26(12-24(22)33)39-30-20(14-35)28(37-8)27(36-7)19(13-34)29(30)38-25/h9-12,29-30H,15-16H2,1-8H3. The molecule has 0 N–H and O–H groups in total. The van der Waals surface area contributed by atoms with E-state index < -0.39 is 12.2 Å². The van der Waals surface area contributed by atoms with Gasteiger partial charge in [0.25, 0.3) is 0 Å². The van der Waals surface area contributed by atoms with Crippen LogP contribution < -0.4 is 9.47 Å². The molecule has 3 aliphatic carbocycles. The van der Waals surface area contributed by atoms with Crippen LogP contribution in [0.4, 0.5) is 0 Å². The van der Waals surface area contributed by atoms with Crippen molar-refractivity contribution in [3.63, 3.8) is 0 Å². The Morgan fingerprint density at radius 2 is 1.08 bits per heavy atom. The van der Waals surface area contributed by atoms with Gasteiger partial charge >= 0.3 is 0 Å². The molecule has 1 spiro atoms. The van der Waals surface area contributed by atoms with Gasteiger partial charge in [0, 0.05) is 5.41 Å². The minimum absolute atomic E-state index is 0.0281. The number of hydrogen-bond acceptors (Lipinski definition) is 6. The first-order valence-electron chi connectivity index (χ1n) is 13.4. The fourth-order valence-corrected chi connectivity index (χ4v) is 7.71. The van der Waals surface area contributed by atoms with Gasteiger partial charge in [0.2, 0.25) is 0 Å². The molecule has 4 aliphatic rings. The Morgan fingerprint density at radius 1 is 0.692 bits per heavy atom. The summed E-state index contributed by atoms with van der Waals surface area (Å²) in [5.74, 6) is 1.59. The Bertz CT molecular complexity index is 1600. The molecule has 0 fully saturated rings. The molecule has 6 heteroatoms. The fourth-order valence-electron chi connectivity index (χ4n) is 7.71. The summed E-state index contributed by atoms with van der Waals surface area (Å²) in [6.45, 7) is 13.7. The maximum absolute atomic E-state index is 10.1. The van der Waals surface area contributed by atoms with E-state index in [1.165, 1.54) is 47.6 Å². The Labute approximate surface area is 230 Å². The zero-order valence-corrected chi connectivity index (χ0v) is 23.9. The van der Waals surface area contributed by atoms with Gasteiger partial charge < -0.3 is 18.9 Å². The third-order valence-electron chi connectivity index (χ3n) is 9.39. The molecule has 0 bridgehead atoms. The van der Waals surface area contributed by atoms with Crippen LogP contribution in [0.3, 0.4) is 0 Å². The molecule has 0 radical (unpaired) electrons. The lowest BCUT2D eigenvalue weighted by Gasteiger charge is -2.38. The summed E-state index contributed by atoms with van der Waals surface area (Å²) >= 11 is 0. The third kappa shape index (κ3) is 3.24. The van der Waals surface area contributed by atoms with Crippen LogP contribution in [0.2, 0.25) is 0 Å². The first-order valence-corrected chi connectivity index (χ1v) is 13.4. The number of hydrogen-bond donors (Lipinski definition) is 0. The fraction of sp³-hybridized carbons (Fsp3) is 0.455. The minimum atomic E-state index is -0.813. The van der Waals surface area contributed by atoms with Gasteiger partial charge in [-0.3, -0.25) is 0 Å². The second kappa shape index (κ2) is 8.06. The van der Waals surface area contributed by atoms with E-state index in [2.05, 4.69) is 77.9 Å². The van der Waals surface area contributed by atoms with Gasteiger partial charge in [-0.2, -0.15) is 10.5 Å². The highest BCUT2D eigenvalue weighted by molar-refractivity contribution is 5.65. The molecule has 39 heavy (non-hydrogen) atoms. The summed E-state index contributed by atoms with van der Waals surface area (Å²) in [6.07, 6.45) is 0.375. The van der Waals surface area contributed by atoms with Gasteiger partial charge in [0.05, 0.1) is 14.2 Å². The number of rotatable bonds is 2. The zero-order chi connectivity index (χ0) is 28.1. The number of aryl methyl sites for hydroxylation is 2. The predicted octanol–water partition coefficient (Wildman–Crippen LogP) is 6.32. The topological polar surface area (TPSA) is 84.5 Å². The number of ether oxygens (including phenoxy) is 4. The van der Waals surface area contributed by atoms with Crippen LogP contribution in [0.15, 0.2) is 46.9 Å². The average molecular weight is 523 g/mol. The van der Waals surface area contributed by atoms with Gasteiger partial charge in [0.1, 0.15) is 23.3 Å². The highest BCUT2D eigenvalue weighted by atomic mass is 16.6. The van der Waals surface area contributed by atoms with Crippen LogP contribution in [-0.4, -0.2) is 26.4 Å². The summed E-state index contributed by atoms with van der Waals surface area (Å²) < 4.78 is 24.0. The van der Waals surface area contributed by atoms with Crippen LogP contribution in [0, 0.1) is 36.5 Å². The largest absolute Gasteiger partial charge is 0.492 e. The molecule has 200 valence electrons. The molecule has 2 aromatic carbocycles. The maximum atomic E-state index is 10.1. The molecule has 0 saturated heterocycles. The van der Waals surface area contributed by atoms with Crippen LogP contribution in [-0.2, 0) is 25.7 Å². The molecule has 6 nitrogen and oxygen atoms in total. The molecule has 3 atom stereocenters. The number of methoxy groups -OCH3 is 2. The van der Waals surface area contributed by atoms with Crippen molar-refractivity contribution >= 4 is 0 Å². The number of benzene rings is 2. The smallest absolute Gasteiger partial charge is 0.179 e. The van der Waals surface area contributed by atoms with Crippen LogP contribution >= 0.6 is 0 Å². The molecule has 3 unspecified atom stereocenters. The lowest BCUT2D eigenvalue weighted by atomic mass is 9.72. The van der Waals surface area contributed by atoms with Crippen molar-refractivity contribution in [2.75, 3.05) is 14.2 Å². The molecule has 1 aliphatic heterocycles. The van der Waals surface area contributed by atoms with E-state index in [0.717, 1.165) is 12.8 Å². The number of nitrogens with zero attached hydrogens (tertiary/aromatic N) is 2. The van der Waals surface area contributed by atoms with E-state index in [4.69, 9.17) is 18.9 Å². The van der Waals surface area contributed by atoms with Gasteiger partial charge in [-0.1, -0.05) is 39.8 Å². The Balaban J connectivity index is 1.55. The summed E-state index contributed by atoms with van der Waals surface area (Å²) in [4.78, 5) is 0. The van der Waals surface area contributed by atoms with Crippen molar-refractivity contribution in [1.29, 1.82) is 10.5 Å². The van der Waals surface area contributed by atoms with E-state index in [1.807, 2.05) is 0 Å². The molecule has 2 aromatic rings. The normalized spacial score (nSPS) is 26.9. The summed E-state index contributed by atoms with van der Waals surface area (Å²) in [5.41, 5.74) is 8.25. The van der Waals surface area contributed by atoms with Crippen molar-refractivity contribution in [2.45, 2.75) is 82.8 Å². The minimum Gasteiger partial charge on any atom is -0.492 e. The van der Waals surface area contributed by atoms with E-state index in [-0.39, 0.29) is 38.9 Å². The molecule has 0 amide bonds. The highest BCUT2D eigenvalue weighted by Gasteiger charge is 2.57. The third-order valence-corrected chi connectivity index (χ3v) is 9.39. The van der Waals surface area contributed by atoms with Crippen molar-refractivity contribution < 1.29 is 18.9 Å². The monoisotopic (exact) mass is 522 g/mol. The summed E-state index contributed by atoms with van der Waals surface area (Å²) in [5, 5.41) is 20.1. The van der Waals surface area contributed by atoms with Crippen molar-refractivity contribution in [2.24, 2.45) is 0 Å². The van der Waals surface area contributed by atoms with Gasteiger partial charge in [-0.05, 0) is 83.0 Å². The van der Waals surface area contributed by atoms with E-state index in [0.29, 0.717) is 11.5 Å². The first kappa shape index (κ1) is 25.4. The SMILES string of the molecule is COC1=C(C#N)C2Oc3cc4c(cc3OC2C(C#N)=C1OC)C1(CC(C)(C)c2cc(C)c(C)cc21)CC4(C)C. The van der Waals surface area contributed by atoms with Crippen molar-refractivity contribution in [3.8, 4) is 23.6 Å². The first-order chi connectivity index (χ1) is 18.4. The molecule has 1 heterocycles. The van der Waals surface area contributed by atoms with Gasteiger partial charge in [-0.25, -0.2) is 0 Å². The van der Waals surface area contributed by atoms with Gasteiger partial charge in [-0.15, -0.1) is 0 Å². The lowest BCUT2D eigenvalue weighted by molar-refractivity contribution is 0.0532. The van der Waals surface area contributed by atoms with Crippen LogP contribution in [0.5, 0.6) is 11.5 Å². The maximum Gasteiger partial charge on any atom is 0.179 e. The second-order valence-electron chi connectivity index (χ2n) is 12.7. The predicted molar refractivity (Wildman–Crippen MR) is 147 cm³/mol. The Morgan fingerprint density at radius 3 is 1.51 bits per heavy atom. The Kier molecular flexibility index (Phi) is 5.24. The van der Waals surface area contributed by atoms with E-state index in [9.17, 15) is 10.5 Å². The van der Waals surface area contributed by atoms with Crippen LogP contribution in [0.1, 0.15) is 73.9 Å². The molecule has 6 rings (SSSR count). The quantitative estimate of drug-likeness (QED) is 0.459. The van der Waals surface area contributed by atoms with Gasteiger partial charge in [0.15, 0.2) is 35.2 Å². The Hall–Kier alpha value is -3.90. The summed E-state index contributed by atoms with van der Waals surface area (Å²) in [6, 6.07) is 13.4. The lowest BCUT2D eigenvalue weighted by Crippen LogP contribution is -2.45. The molecule has 0 saturated carbocycles. The summed E-state index contributed by atoms with van der Waals surface area (Å²) in [7, 11) is 2.91. The average Bonchev–Trinajstić information content (AvgIpc) is 3.24. The molecule has 0 aromatic heterocycles.